The Morgan fingerprint density at radius 2 is 1.50 bits per heavy atom. The lowest BCUT2D eigenvalue weighted by atomic mass is 9.85. The van der Waals surface area contributed by atoms with E-state index in [1.54, 1.807) is 0 Å². The summed E-state index contributed by atoms with van der Waals surface area (Å²) in [5.74, 6) is -2.24. The van der Waals surface area contributed by atoms with Crippen LogP contribution in [0, 0.1) is 23.4 Å². The second-order valence-electron chi connectivity index (χ2n) is 8.69. The maximum absolute atomic E-state index is 13.5. The van der Waals surface area contributed by atoms with Crippen LogP contribution in [0.4, 0.5) is 13.2 Å². The first-order valence-corrected chi connectivity index (χ1v) is 13.0. The molecule has 4 heteroatoms. The Labute approximate surface area is 158 Å². The molecule has 0 unspecified atom stereocenters. The molecule has 1 heterocycles. The number of halogens is 3. The highest BCUT2D eigenvalue weighted by atomic mass is 28.3. The number of rotatable bonds is 6. The highest BCUT2D eigenvalue weighted by molar-refractivity contribution is 6.60. The van der Waals surface area contributed by atoms with Gasteiger partial charge in [-0.15, -0.1) is 0 Å². The molecule has 1 saturated carbocycles. The van der Waals surface area contributed by atoms with Crippen LogP contribution in [0.2, 0.25) is 17.6 Å². The minimum atomic E-state index is -1.34. The molecule has 0 bridgehead atoms. The first-order valence-electron chi connectivity index (χ1n) is 10.7. The molecule has 2 aliphatic rings. The Kier molecular flexibility index (Phi) is 7.25. The van der Waals surface area contributed by atoms with Gasteiger partial charge in [0.2, 0.25) is 0 Å². The van der Waals surface area contributed by atoms with Gasteiger partial charge in [0, 0.05) is 8.80 Å². The molecule has 26 heavy (non-hydrogen) atoms. The van der Waals surface area contributed by atoms with E-state index in [4.69, 9.17) is 0 Å². The van der Waals surface area contributed by atoms with E-state index in [9.17, 15) is 13.2 Å². The van der Waals surface area contributed by atoms with Crippen LogP contribution in [0.25, 0.3) is 0 Å². The maximum Gasteiger partial charge on any atom is 0.194 e. The average Bonchev–Trinajstić information content (AvgIpc) is 2.67. The van der Waals surface area contributed by atoms with Gasteiger partial charge in [0.15, 0.2) is 17.5 Å². The highest BCUT2D eigenvalue weighted by Gasteiger charge is 2.32. The number of hydrogen-bond acceptors (Lipinski definition) is 0. The van der Waals surface area contributed by atoms with E-state index in [0.29, 0.717) is 5.56 Å². The van der Waals surface area contributed by atoms with Crippen molar-refractivity contribution in [3.63, 3.8) is 0 Å². The van der Waals surface area contributed by atoms with E-state index in [2.05, 4.69) is 6.92 Å². The number of unbranched alkanes of at least 4 members (excludes halogenated alkanes) is 2. The lowest BCUT2D eigenvalue weighted by Gasteiger charge is -2.37. The third-order valence-electron chi connectivity index (χ3n) is 7.02. The minimum absolute atomic E-state index is 0.216. The molecular weight excluding hydrogens is 349 g/mol. The zero-order valence-corrected chi connectivity index (χ0v) is 17.2. The molecule has 1 aliphatic heterocycles. The topological polar surface area (TPSA) is 0 Å². The van der Waals surface area contributed by atoms with Gasteiger partial charge in [-0.3, -0.25) is 0 Å². The predicted molar refractivity (Wildman–Crippen MR) is 105 cm³/mol. The molecule has 1 saturated heterocycles. The fourth-order valence-corrected chi connectivity index (χ4v) is 9.59. The van der Waals surface area contributed by atoms with Crippen molar-refractivity contribution < 1.29 is 13.2 Å². The Hall–Kier alpha value is -0.773. The van der Waals surface area contributed by atoms with Gasteiger partial charge < -0.3 is 0 Å². The molecular formula is C22H33F3Si. The van der Waals surface area contributed by atoms with Crippen molar-refractivity contribution in [1.29, 1.82) is 0 Å². The Balaban J connectivity index is 1.46. The van der Waals surface area contributed by atoms with Crippen molar-refractivity contribution in [2.45, 2.75) is 94.7 Å². The summed E-state index contributed by atoms with van der Waals surface area (Å²) >= 11 is 0. The summed E-state index contributed by atoms with van der Waals surface area (Å²) in [5.41, 5.74) is 1.65. The third kappa shape index (κ3) is 4.93. The van der Waals surface area contributed by atoms with Crippen molar-refractivity contribution in [2.75, 3.05) is 0 Å². The maximum atomic E-state index is 13.5. The van der Waals surface area contributed by atoms with Gasteiger partial charge in [-0.05, 0) is 47.9 Å². The summed E-state index contributed by atoms with van der Waals surface area (Å²) in [6.07, 6.45) is 13.3. The summed E-state index contributed by atoms with van der Waals surface area (Å²) in [6.45, 7) is 2.27. The lowest BCUT2D eigenvalue weighted by molar-refractivity contribution is 0.325. The molecule has 0 radical (unpaired) electrons. The molecule has 1 aromatic carbocycles. The number of hydrogen-bond donors (Lipinski definition) is 0. The van der Waals surface area contributed by atoms with Crippen molar-refractivity contribution >= 4 is 8.80 Å². The first-order chi connectivity index (χ1) is 12.6. The standard InChI is InChI=1S/C22H33F3Si/c1-2-3-4-5-16-6-8-19(9-7-16)26-12-10-17(11-13-26)18-14-20(23)22(25)21(24)15-18/h14-17,19,26H,2-13H2,1H3. The zero-order chi connectivity index (χ0) is 18.5. The van der Waals surface area contributed by atoms with Gasteiger partial charge >= 0.3 is 0 Å². The highest BCUT2D eigenvalue weighted by Crippen LogP contribution is 2.44. The zero-order valence-electron chi connectivity index (χ0n) is 16.1. The Bertz CT molecular complexity index is 550. The second-order valence-corrected chi connectivity index (χ2v) is 12.3. The van der Waals surface area contributed by atoms with Crippen LogP contribution in [-0.4, -0.2) is 8.80 Å². The summed E-state index contributed by atoms with van der Waals surface area (Å²) in [7, 11) is -0.726. The van der Waals surface area contributed by atoms with Gasteiger partial charge in [-0.25, -0.2) is 13.2 Å². The third-order valence-corrected chi connectivity index (χ3v) is 11.2. The fourth-order valence-electron chi connectivity index (χ4n) is 5.37. The fraction of sp³-hybridized carbons (Fsp3) is 0.727. The summed E-state index contributed by atoms with van der Waals surface area (Å²) in [4.78, 5) is 0. The minimum Gasteiger partial charge on any atom is -0.204 e. The summed E-state index contributed by atoms with van der Waals surface area (Å²) in [5, 5.41) is 0. The summed E-state index contributed by atoms with van der Waals surface area (Å²) in [6, 6.07) is 5.01. The first kappa shape index (κ1) is 20.0. The van der Waals surface area contributed by atoms with Gasteiger partial charge in [0.05, 0.1) is 0 Å². The normalized spacial score (nSPS) is 29.7. The van der Waals surface area contributed by atoms with Crippen molar-refractivity contribution in [3.8, 4) is 0 Å². The molecule has 0 aromatic heterocycles. The van der Waals surface area contributed by atoms with E-state index in [0.717, 1.165) is 24.3 Å². The lowest BCUT2D eigenvalue weighted by Crippen LogP contribution is -2.29. The smallest absolute Gasteiger partial charge is 0.194 e. The van der Waals surface area contributed by atoms with Crippen LogP contribution >= 0.6 is 0 Å². The monoisotopic (exact) mass is 382 g/mol. The SMILES string of the molecule is CCCCCC1CCC([SiH]2CCC(c3cc(F)c(F)c(F)c3)CC2)CC1. The molecule has 0 amide bonds. The van der Waals surface area contributed by atoms with Crippen molar-refractivity contribution in [3.05, 3.63) is 35.1 Å². The predicted octanol–water partition coefficient (Wildman–Crippen LogP) is 7.35. The summed E-state index contributed by atoms with van der Waals surface area (Å²) < 4.78 is 40.2. The van der Waals surface area contributed by atoms with Crippen LogP contribution in [-0.2, 0) is 0 Å². The van der Waals surface area contributed by atoms with Crippen molar-refractivity contribution in [1.82, 2.24) is 0 Å². The van der Waals surface area contributed by atoms with Crippen LogP contribution in [0.5, 0.6) is 0 Å². The van der Waals surface area contributed by atoms with Gasteiger partial charge in [0.25, 0.3) is 0 Å². The van der Waals surface area contributed by atoms with E-state index in [-0.39, 0.29) is 5.92 Å². The molecule has 0 atom stereocenters. The van der Waals surface area contributed by atoms with E-state index in [1.165, 1.54) is 75.6 Å². The molecule has 0 N–H and O–H groups in total. The largest absolute Gasteiger partial charge is 0.204 e. The molecule has 1 aliphatic carbocycles. The van der Waals surface area contributed by atoms with Crippen molar-refractivity contribution in [2.24, 2.45) is 5.92 Å². The molecule has 3 rings (SSSR count). The molecule has 0 nitrogen and oxygen atoms in total. The molecule has 0 spiro atoms. The van der Waals surface area contributed by atoms with Crippen LogP contribution < -0.4 is 0 Å². The van der Waals surface area contributed by atoms with Gasteiger partial charge in [0.1, 0.15) is 0 Å². The molecule has 2 fully saturated rings. The van der Waals surface area contributed by atoms with E-state index >= 15 is 0 Å². The average molecular weight is 383 g/mol. The van der Waals surface area contributed by atoms with Crippen LogP contribution in [0.1, 0.15) is 82.6 Å². The number of benzene rings is 1. The van der Waals surface area contributed by atoms with E-state index < -0.39 is 26.2 Å². The van der Waals surface area contributed by atoms with Crippen LogP contribution in [0.15, 0.2) is 12.1 Å². The molecule has 1 aromatic rings. The van der Waals surface area contributed by atoms with Gasteiger partial charge in [-0.1, -0.05) is 70.4 Å². The Morgan fingerprint density at radius 1 is 0.885 bits per heavy atom. The second kappa shape index (κ2) is 9.43. The Morgan fingerprint density at radius 3 is 2.08 bits per heavy atom. The molecule has 146 valence electrons. The quantitative estimate of drug-likeness (QED) is 0.274. The van der Waals surface area contributed by atoms with Gasteiger partial charge in [-0.2, -0.15) is 0 Å². The van der Waals surface area contributed by atoms with Crippen LogP contribution in [0.3, 0.4) is 0 Å². The van der Waals surface area contributed by atoms with E-state index in [1.807, 2.05) is 0 Å².